The first-order valence-electron chi connectivity index (χ1n) is 7.70. The predicted molar refractivity (Wildman–Crippen MR) is 78.5 cm³/mol. The number of rotatable bonds is 6. The Hall–Kier alpha value is -1.02. The van der Waals surface area contributed by atoms with E-state index in [-0.39, 0.29) is 0 Å². The van der Waals surface area contributed by atoms with Crippen molar-refractivity contribution in [2.45, 2.75) is 51.7 Å². The van der Waals surface area contributed by atoms with E-state index in [4.69, 9.17) is 4.74 Å². The molecular formula is C17H25NO. The van der Waals surface area contributed by atoms with Crippen molar-refractivity contribution in [1.29, 1.82) is 0 Å². The largest absolute Gasteiger partial charge is 0.490 e. The van der Waals surface area contributed by atoms with Crippen LogP contribution in [0.2, 0.25) is 0 Å². The lowest BCUT2D eigenvalue weighted by atomic mass is 9.89. The summed E-state index contributed by atoms with van der Waals surface area (Å²) in [6.07, 6.45) is 5.38. The van der Waals surface area contributed by atoms with Crippen molar-refractivity contribution in [3.05, 3.63) is 29.8 Å². The molecule has 0 spiro atoms. The number of nitrogens with one attached hydrogen (secondary N) is 1. The molecule has 104 valence electrons. The Balaban J connectivity index is 1.54. The summed E-state index contributed by atoms with van der Waals surface area (Å²) >= 11 is 0. The maximum Gasteiger partial charge on any atom is 0.123 e. The molecule has 2 nitrogen and oxygen atoms in total. The van der Waals surface area contributed by atoms with E-state index in [1.165, 1.54) is 24.8 Å². The molecule has 1 aliphatic carbocycles. The quantitative estimate of drug-likeness (QED) is 0.845. The van der Waals surface area contributed by atoms with E-state index in [0.717, 1.165) is 36.6 Å². The molecule has 1 aromatic carbocycles. The highest BCUT2D eigenvalue weighted by molar-refractivity contribution is 5.37. The molecule has 2 aliphatic rings. The number of benzene rings is 1. The predicted octanol–water partition coefficient (Wildman–Crippen LogP) is 3.40. The van der Waals surface area contributed by atoms with Crippen molar-refractivity contribution in [1.82, 2.24) is 5.32 Å². The van der Waals surface area contributed by atoms with Crippen LogP contribution in [0.1, 0.15) is 38.7 Å². The zero-order valence-electron chi connectivity index (χ0n) is 12.1. The molecule has 3 rings (SSSR count). The lowest BCUT2D eigenvalue weighted by molar-refractivity contribution is 0.172. The normalized spacial score (nSPS) is 23.2. The second-order valence-electron chi connectivity index (χ2n) is 6.47. The highest BCUT2D eigenvalue weighted by atomic mass is 16.5. The standard InChI is InChI=1S/C17H25NO/c1-12(2)14(11-18-15-7-8-15)10-16-9-13-5-3-4-6-17(13)19-16/h3-6,12,14-16,18H,7-11H2,1-2H3. The highest BCUT2D eigenvalue weighted by Gasteiger charge is 2.28. The van der Waals surface area contributed by atoms with Crippen molar-refractivity contribution in [2.24, 2.45) is 11.8 Å². The van der Waals surface area contributed by atoms with E-state index in [2.05, 4.69) is 43.4 Å². The van der Waals surface area contributed by atoms with Gasteiger partial charge < -0.3 is 10.1 Å². The van der Waals surface area contributed by atoms with Crippen molar-refractivity contribution < 1.29 is 4.74 Å². The Morgan fingerprint density at radius 2 is 2.05 bits per heavy atom. The minimum absolute atomic E-state index is 0.380. The van der Waals surface area contributed by atoms with Crippen LogP contribution in [0.5, 0.6) is 5.75 Å². The molecule has 2 heteroatoms. The molecule has 2 unspecified atom stereocenters. The smallest absolute Gasteiger partial charge is 0.123 e. The molecule has 0 amide bonds. The number of hydrogen-bond acceptors (Lipinski definition) is 2. The fourth-order valence-electron chi connectivity index (χ4n) is 2.92. The number of hydrogen-bond donors (Lipinski definition) is 1. The van der Waals surface area contributed by atoms with Crippen LogP contribution in [-0.4, -0.2) is 18.7 Å². The summed E-state index contributed by atoms with van der Waals surface area (Å²) in [5.41, 5.74) is 1.38. The van der Waals surface area contributed by atoms with Crippen LogP contribution in [0, 0.1) is 11.8 Å². The van der Waals surface area contributed by atoms with Gasteiger partial charge in [0.1, 0.15) is 11.9 Å². The van der Waals surface area contributed by atoms with Gasteiger partial charge in [0.15, 0.2) is 0 Å². The van der Waals surface area contributed by atoms with E-state index in [0.29, 0.717) is 6.10 Å². The van der Waals surface area contributed by atoms with Gasteiger partial charge in [-0.15, -0.1) is 0 Å². The number of fused-ring (bicyclic) bond motifs is 1. The monoisotopic (exact) mass is 259 g/mol. The van der Waals surface area contributed by atoms with Crippen LogP contribution in [0.4, 0.5) is 0 Å². The number of para-hydroxylation sites is 1. The molecule has 1 saturated carbocycles. The fourth-order valence-corrected chi connectivity index (χ4v) is 2.92. The average Bonchev–Trinajstić information content (AvgIpc) is 3.12. The van der Waals surface area contributed by atoms with Gasteiger partial charge in [-0.3, -0.25) is 0 Å². The van der Waals surface area contributed by atoms with Crippen LogP contribution >= 0.6 is 0 Å². The third-order valence-corrected chi connectivity index (χ3v) is 4.47. The van der Waals surface area contributed by atoms with Crippen molar-refractivity contribution in [2.75, 3.05) is 6.54 Å². The maximum absolute atomic E-state index is 6.08. The molecule has 1 aliphatic heterocycles. The molecule has 0 bridgehead atoms. The van der Waals surface area contributed by atoms with E-state index < -0.39 is 0 Å². The zero-order valence-corrected chi connectivity index (χ0v) is 12.1. The molecule has 1 N–H and O–H groups in total. The Morgan fingerprint density at radius 1 is 1.26 bits per heavy atom. The summed E-state index contributed by atoms with van der Waals surface area (Å²) in [5, 5.41) is 3.68. The molecule has 1 heterocycles. The van der Waals surface area contributed by atoms with Crippen molar-refractivity contribution in [3.63, 3.8) is 0 Å². The Bertz CT molecular complexity index is 400. The molecule has 2 atom stereocenters. The minimum atomic E-state index is 0.380. The SMILES string of the molecule is CC(C)C(CNC1CC1)CC1Cc2ccccc2O1. The first-order valence-corrected chi connectivity index (χ1v) is 7.70. The summed E-state index contributed by atoms with van der Waals surface area (Å²) in [4.78, 5) is 0. The van der Waals surface area contributed by atoms with Gasteiger partial charge in [0.05, 0.1) is 0 Å². The summed E-state index contributed by atoms with van der Waals surface area (Å²) < 4.78 is 6.08. The van der Waals surface area contributed by atoms with Gasteiger partial charge in [0.25, 0.3) is 0 Å². The summed E-state index contributed by atoms with van der Waals surface area (Å²) in [5.74, 6) is 2.55. The first-order chi connectivity index (χ1) is 9.22. The van der Waals surface area contributed by atoms with E-state index in [1.54, 1.807) is 0 Å². The Labute approximate surface area is 116 Å². The Kier molecular flexibility index (Phi) is 3.79. The molecule has 0 saturated heterocycles. The van der Waals surface area contributed by atoms with Crippen LogP contribution in [0.25, 0.3) is 0 Å². The lowest BCUT2D eigenvalue weighted by Gasteiger charge is -2.24. The van der Waals surface area contributed by atoms with Gasteiger partial charge in [-0.2, -0.15) is 0 Å². The number of ether oxygens (including phenoxy) is 1. The molecule has 19 heavy (non-hydrogen) atoms. The van der Waals surface area contributed by atoms with Gasteiger partial charge in [-0.05, 0) is 49.3 Å². The first kappa shape index (κ1) is 13.0. The summed E-state index contributed by atoms with van der Waals surface area (Å²) in [6, 6.07) is 9.28. The summed E-state index contributed by atoms with van der Waals surface area (Å²) in [7, 11) is 0. The van der Waals surface area contributed by atoms with Crippen LogP contribution < -0.4 is 10.1 Å². The molecule has 0 radical (unpaired) electrons. The molecular weight excluding hydrogens is 234 g/mol. The average molecular weight is 259 g/mol. The van der Waals surface area contributed by atoms with Gasteiger partial charge in [0.2, 0.25) is 0 Å². The lowest BCUT2D eigenvalue weighted by Crippen LogP contribution is -2.31. The highest BCUT2D eigenvalue weighted by Crippen LogP contribution is 2.32. The van der Waals surface area contributed by atoms with Crippen LogP contribution in [0.15, 0.2) is 24.3 Å². The van der Waals surface area contributed by atoms with Crippen molar-refractivity contribution in [3.8, 4) is 5.75 Å². The minimum Gasteiger partial charge on any atom is -0.490 e. The zero-order chi connectivity index (χ0) is 13.2. The van der Waals surface area contributed by atoms with Gasteiger partial charge in [-0.25, -0.2) is 0 Å². The molecule has 0 aromatic heterocycles. The summed E-state index contributed by atoms with van der Waals surface area (Å²) in [6.45, 7) is 5.82. The third-order valence-electron chi connectivity index (χ3n) is 4.47. The van der Waals surface area contributed by atoms with Crippen LogP contribution in [-0.2, 0) is 6.42 Å². The fraction of sp³-hybridized carbons (Fsp3) is 0.647. The topological polar surface area (TPSA) is 21.3 Å². The van der Waals surface area contributed by atoms with Crippen molar-refractivity contribution >= 4 is 0 Å². The van der Waals surface area contributed by atoms with E-state index in [1.807, 2.05) is 0 Å². The maximum atomic E-state index is 6.08. The second kappa shape index (κ2) is 5.54. The molecule has 1 fully saturated rings. The van der Waals surface area contributed by atoms with Gasteiger partial charge in [-0.1, -0.05) is 32.0 Å². The van der Waals surface area contributed by atoms with Crippen LogP contribution in [0.3, 0.4) is 0 Å². The van der Waals surface area contributed by atoms with Gasteiger partial charge in [0, 0.05) is 12.5 Å². The Morgan fingerprint density at radius 3 is 2.74 bits per heavy atom. The van der Waals surface area contributed by atoms with E-state index in [9.17, 15) is 0 Å². The molecule has 1 aromatic rings. The third kappa shape index (κ3) is 3.30. The second-order valence-corrected chi connectivity index (χ2v) is 6.47. The van der Waals surface area contributed by atoms with E-state index >= 15 is 0 Å². The van der Waals surface area contributed by atoms with Gasteiger partial charge >= 0.3 is 0 Å².